The number of amides is 1. The van der Waals surface area contributed by atoms with E-state index in [1.165, 1.54) is 0 Å². The summed E-state index contributed by atoms with van der Waals surface area (Å²) in [7, 11) is 0. The topological polar surface area (TPSA) is 83.8 Å². The molecule has 0 saturated heterocycles. The molecule has 0 spiro atoms. The van der Waals surface area contributed by atoms with Gasteiger partial charge in [-0.3, -0.25) is 10.2 Å². The monoisotopic (exact) mass is 228 g/mol. The molecule has 0 saturated carbocycles. The summed E-state index contributed by atoms with van der Waals surface area (Å²) >= 11 is 0. The molecule has 1 amide bonds. The second-order valence-corrected chi connectivity index (χ2v) is 3.71. The highest BCUT2D eigenvalue weighted by Gasteiger charge is 2.04. The Morgan fingerprint density at radius 2 is 2.29 bits per heavy atom. The zero-order valence-corrected chi connectivity index (χ0v) is 9.18. The molecule has 0 aliphatic heterocycles. The van der Waals surface area contributed by atoms with Crippen molar-refractivity contribution in [3.63, 3.8) is 0 Å². The summed E-state index contributed by atoms with van der Waals surface area (Å²) in [5, 5.41) is 9.89. The molecule has 0 aliphatic carbocycles. The highest BCUT2D eigenvalue weighted by atomic mass is 16.2. The van der Waals surface area contributed by atoms with E-state index in [4.69, 9.17) is 11.1 Å². The van der Waals surface area contributed by atoms with Crippen LogP contribution < -0.4 is 11.3 Å². The highest BCUT2D eigenvalue weighted by molar-refractivity contribution is 5.82. The number of carbonyl (C=O) groups is 1. The number of nitrogens with two attached hydrogens (primary N) is 1. The van der Waals surface area contributed by atoms with Gasteiger partial charge in [-0.25, -0.2) is 5.84 Å². The Balaban J connectivity index is 2.28. The fourth-order valence-corrected chi connectivity index (χ4v) is 1.74. The standard InChI is InChI=1S/C12H12N4O/c13-8-9-1-2-10-3-5-16(11(10)7-9)6-4-12(17)15-14/h1-3,5,7H,4,6,14H2,(H,15,17). The molecule has 0 bridgehead atoms. The lowest BCUT2D eigenvalue weighted by molar-refractivity contribution is -0.121. The van der Waals surface area contributed by atoms with Gasteiger partial charge in [0.25, 0.3) is 0 Å². The average Bonchev–Trinajstić information content (AvgIpc) is 2.78. The van der Waals surface area contributed by atoms with Crippen LogP contribution in [0.1, 0.15) is 12.0 Å². The van der Waals surface area contributed by atoms with Crippen LogP contribution in [-0.2, 0) is 11.3 Å². The van der Waals surface area contributed by atoms with Crippen molar-refractivity contribution < 1.29 is 4.79 Å². The van der Waals surface area contributed by atoms with Gasteiger partial charge in [0, 0.05) is 24.7 Å². The minimum Gasteiger partial charge on any atom is -0.347 e. The molecular formula is C12H12N4O. The van der Waals surface area contributed by atoms with Gasteiger partial charge in [0.15, 0.2) is 0 Å². The lowest BCUT2D eigenvalue weighted by Gasteiger charge is -2.04. The Morgan fingerprint density at radius 3 is 3.00 bits per heavy atom. The number of aryl methyl sites for hydroxylation is 1. The minimum atomic E-state index is -0.205. The number of fused-ring (bicyclic) bond motifs is 1. The highest BCUT2D eigenvalue weighted by Crippen LogP contribution is 2.17. The Labute approximate surface area is 98.4 Å². The fraction of sp³-hybridized carbons (Fsp3) is 0.167. The van der Waals surface area contributed by atoms with Crippen LogP contribution in [0.25, 0.3) is 10.9 Å². The van der Waals surface area contributed by atoms with Crippen molar-refractivity contribution in [3.8, 4) is 6.07 Å². The van der Waals surface area contributed by atoms with Gasteiger partial charge in [0.05, 0.1) is 11.6 Å². The van der Waals surface area contributed by atoms with Gasteiger partial charge in [-0.05, 0) is 23.6 Å². The zero-order chi connectivity index (χ0) is 12.3. The van der Waals surface area contributed by atoms with Crippen LogP contribution in [0.3, 0.4) is 0 Å². The van der Waals surface area contributed by atoms with Crippen molar-refractivity contribution in [1.29, 1.82) is 5.26 Å². The van der Waals surface area contributed by atoms with Gasteiger partial charge in [0.1, 0.15) is 0 Å². The number of benzene rings is 1. The summed E-state index contributed by atoms with van der Waals surface area (Å²) in [5.41, 5.74) is 3.66. The van der Waals surface area contributed by atoms with E-state index in [0.29, 0.717) is 18.5 Å². The van der Waals surface area contributed by atoms with Crippen molar-refractivity contribution >= 4 is 16.8 Å². The second-order valence-electron chi connectivity index (χ2n) is 3.71. The maximum atomic E-state index is 11.1. The molecule has 5 heteroatoms. The zero-order valence-electron chi connectivity index (χ0n) is 9.18. The second kappa shape index (κ2) is 4.68. The molecule has 0 atom stereocenters. The fourth-order valence-electron chi connectivity index (χ4n) is 1.74. The van der Waals surface area contributed by atoms with Gasteiger partial charge < -0.3 is 4.57 Å². The van der Waals surface area contributed by atoms with Crippen molar-refractivity contribution in [2.24, 2.45) is 5.84 Å². The Hall–Kier alpha value is -2.32. The largest absolute Gasteiger partial charge is 0.347 e. The maximum Gasteiger partial charge on any atom is 0.235 e. The summed E-state index contributed by atoms with van der Waals surface area (Å²) in [6.45, 7) is 0.543. The maximum absolute atomic E-state index is 11.1. The van der Waals surface area contributed by atoms with Gasteiger partial charge >= 0.3 is 0 Å². The van der Waals surface area contributed by atoms with Gasteiger partial charge in [-0.15, -0.1) is 0 Å². The number of nitrogens with one attached hydrogen (secondary N) is 1. The van der Waals surface area contributed by atoms with Crippen LogP contribution in [0.2, 0.25) is 0 Å². The van der Waals surface area contributed by atoms with Crippen molar-refractivity contribution in [1.82, 2.24) is 9.99 Å². The molecule has 17 heavy (non-hydrogen) atoms. The van der Waals surface area contributed by atoms with E-state index in [2.05, 4.69) is 11.5 Å². The first-order valence-corrected chi connectivity index (χ1v) is 5.23. The summed E-state index contributed by atoms with van der Waals surface area (Å²) in [6, 6.07) is 9.54. The van der Waals surface area contributed by atoms with Crippen LogP contribution in [0.5, 0.6) is 0 Å². The number of nitriles is 1. The first kappa shape index (κ1) is 11.2. The van der Waals surface area contributed by atoms with E-state index in [-0.39, 0.29) is 5.91 Å². The third-order valence-corrected chi connectivity index (χ3v) is 2.64. The molecule has 1 aromatic carbocycles. The molecule has 0 aliphatic rings. The van der Waals surface area contributed by atoms with Crippen molar-refractivity contribution in [3.05, 3.63) is 36.0 Å². The lowest BCUT2D eigenvalue weighted by atomic mass is 10.2. The number of hydrazine groups is 1. The van der Waals surface area contributed by atoms with E-state index < -0.39 is 0 Å². The minimum absolute atomic E-state index is 0.205. The summed E-state index contributed by atoms with van der Waals surface area (Å²) in [5.74, 6) is 4.81. The first-order valence-electron chi connectivity index (χ1n) is 5.23. The normalized spacial score (nSPS) is 10.1. The summed E-state index contributed by atoms with van der Waals surface area (Å²) in [4.78, 5) is 11.1. The molecule has 0 unspecified atom stereocenters. The van der Waals surface area contributed by atoms with E-state index >= 15 is 0 Å². The predicted molar refractivity (Wildman–Crippen MR) is 63.6 cm³/mol. The molecule has 2 rings (SSSR count). The SMILES string of the molecule is N#Cc1ccc2ccn(CCC(=O)NN)c2c1. The molecule has 1 heterocycles. The number of carbonyl (C=O) groups excluding carboxylic acids is 1. The molecule has 0 radical (unpaired) electrons. The smallest absolute Gasteiger partial charge is 0.235 e. The summed E-state index contributed by atoms with van der Waals surface area (Å²) in [6.07, 6.45) is 2.21. The van der Waals surface area contributed by atoms with Crippen LogP contribution >= 0.6 is 0 Å². The molecule has 5 nitrogen and oxygen atoms in total. The third-order valence-electron chi connectivity index (χ3n) is 2.64. The predicted octanol–water partition coefficient (Wildman–Crippen LogP) is 0.893. The number of hydrogen-bond donors (Lipinski definition) is 2. The van der Waals surface area contributed by atoms with Gasteiger partial charge in [-0.1, -0.05) is 6.07 Å². The van der Waals surface area contributed by atoms with Crippen LogP contribution in [-0.4, -0.2) is 10.5 Å². The van der Waals surface area contributed by atoms with Crippen LogP contribution in [0, 0.1) is 11.3 Å². The Kier molecular flexibility index (Phi) is 3.08. The van der Waals surface area contributed by atoms with E-state index in [1.807, 2.05) is 29.0 Å². The van der Waals surface area contributed by atoms with Gasteiger partial charge in [-0.2, -0.15) is 5.26 Å². The quantitative estimate of drug-likeness (QED) is 0.465. The first-order chi connectivity index (χ1) is 8.24. The average molecular weight is 228 g/mol. The molecule has 1 aromatic heterocycles. The number of rotatable bonds is 3. The third kappa shape index (κ3) is 2.27. The summed E-state index contributed by atoms with van der Waals surface area (Å²) < 4.78 is 1.94. The molecule has 3 N–H and O–H groups in total. The Morgan fingerprint density at radius 1 is 1.47 bits per heavy atom. The lowest BCUT2D eigenvalue weighted by Crippen LogP contribution is -2.30. The molecule has 2 aromatic rings. The van der Waals surface area contributed by atoms with E-state index in [0.717, 1.165) is 10.9 Å². The van der Waals surface area contributed by atoms with Crippen molar-refractivity contribution in [2.45, 2.75) is 13.0 Å². The van der Waals surface area contributed by atoms with Gasteiger partial charge in [0.2, 0.25) is 5.91 Å². The Bertz CT molecular complexity index is 594. The van der Waals surface area contributed by atoms with E-state index in [9.17, 15) is 4.79 Å². The number of hydrogen-bond acceptors (Lipinski definition) is 3. The number of nitrogens with zero attached hydrogens (tertiary/aromatic N) is 2. The molecule has 86 valence electrons. The molecular weight excluding hydrogens is 216 g/mol. The van der Waals surface area contributed by atoms with Crippen LogP contribution in [0.15, 0.2) is 30.5 Å². The van der Waals surface area contributed by atoms with Crippen LogP contribution in [0.4, 0.5) is 0 Å². The number of aromatic nitrogens is 1. The van der Waals surface area contributed by atoms with E-state index in [1.54, 1.807) is 6.07 Å². The van der Waals surface area contributed by atoms with Crippen molar-refractivity contribution in [2.75, 3.05) is 0 Å². The molecule has 0 fully saturated rings.